The minimum atomic E-state index is -3.63. The van der Waals surface area contributed by atoms with Crippen LogP contribution < -0.4 is 0 Å². The molecule has 3 rings (SSSR count). The van der Waals surface area contributed by atoms with Crippen molar-refractivity contribution < 1.29 is 8.42 Å². The van der Waals surface area contributed by atoms with Crippen LogP contribution in [0.3, 0.4) is 0 Å². The molecule has 6 nitrogen and oxygen atoms in total. The predicted molar refractivity (Wildman–Crippen MR) is 119 cm³/mol. The standard InChI is InChI=1S/C23H27N4O2S/c1-20-8-10-23(11-9-20)30(28,29)26-16-19-27(17-12-21-6-2-4-14-24-21)18-13-22-7-3-5-15-25-22/h2-11,14-15H,12-13,16-19H2,1H3/q-1. The van der Waals surface area contributed by atoms with E-state index in [0.29, 0.717) is 6.54 Å². The number of hydrogen-bond acceptors (Lipinski definition) is 5. The smallest absolute Gasteiger partial charge is 0.101 e. The van der Waals surface area contributed by atoms with E-state index >= 15 is 0 Å². The zero-order chi connectivity index (χ0) is 21.2. The molecule has 30 heavy (non-hydrogen) atoms. The number of aromatic nitrogens is 2. The maximum Gasteiger partial charge on any atom is 0.101 e. The van der Waals surface area contributed by atoms with Crippen LogP contribution in [0.2, 0.25) is 0 Å². The molecule has 0 aliphatic rings. The predicted octanol–water partition coefficient (Wildman–Crippen LogP) is 3.63. The number of nitrogens with zero attached hydrogens (tertiary/aromatic N) is 4. The Balaban J connectivity index is 1.57. The van der Waals surface area contributed by atoms with Gasteiger partial charge in [0.15, 0.2) is 0 Å². The molecule has 0 aliphatic carbocycles. The van der Waals surface area contributed by atoms with Crippen LogP contribution in [-0.4, -0.2) is 49.5 Å². The van der Waals surface area contributed by atoms with E-state index < -0.39 is 10.0 Å². The summed E-state index contributed by atoms with van der Waals surface area (Å²) in [5.41, 5.74) is 3.05. The molecule has 0 aliphatic heterocycles. The van der Waals surface area contributed by atoms with Crippen molar-refractivity contribution in [2.45, 2.75) is 24.7 Å². The first kappa shape index (κ1) is 22.1. The lowest BCUT2D eigenvalue weighted by atomic mass is 10.2. The zero-order valence-corrected chi connectivity index (χ0v) is 18.0. The van der Waals surface area contributed by atoms with Crippen LogP contribution in [0.15, 0.2) is 78.0 Å². The van der Waals surface area contributed by atoms with Gasteiger partial charge in [0.25, 0.3) is 0 Å². The summed E-state index contributed by atoms with van der Waals surface area (Å²) in [4.78, 5) is 11.2. The summed E-state index contributed by atoms with van der Waals surface area (Å²) < 4.78 is 29.0. The topological polar surface area (TPSA) is 77.3 Å². The summed E-state index contributed by atoms with van der Waals surface area (Å²) in [6, 6.07) is 18.5. The zero-order valence-electron chi connectivity index (χ0n) is 17.2. The van der Waals surface area contributed by atoms with Crippen molar-refractivity contribution in [1.82, 2.24) is 14.9 Å². The largest absolute Gasteiger partial charge is 0.544 e. The minimum Gasteiger partial charge on any atom is -0.544 e. The third-order valence-corrected chi connectivity index (χ3v) is 6.21. The van der Waals surface area contributed by atoms with Crippen LogP contribution in [-0.2, 0) is 22.9 Å². The van der Waals surface area contributed by atoms with E-state index in [1.807, 2.05) is 43.3 Å². The van der Waals surface area contributed by atoms with Crippen molar-refractivity contribution in [2.24, 2.45) is 0 Å². The Kier molecular flexibility index (Phi) is 8.07. The Morgan fingerprint density at radius 2 is 1.37 bits per heavy atom. The second-order valence-electron chi connectivity index (χ2n) is 7.12. The highest BCUT2D eigenvalue weighted by Gasteiger charge is 2.08. The molecule has 0 amide bonds. The Hall–Kier alpha value is -2.61. The maximum atomic E-state index is 12.5. The van der Waals surface area contributed by atoms with E-state index in [4.69, 9.17) is 0 Å². The third kappa shape index (κ3) is 7.02. The van der Waals surface area contributed by atoms with Crippen molar-refractivity contribution in [3.63, 3.8) is 0 Å². The molecule has 7 heteroatoms. The van der Waals surface area contributed by atoms with Gasteiger partial charge in [0.05, 0.1) is 0 Å². The van der Waals surface area contributed by atoms with Gasteiger partial charge in [-0.3, -0.25) is 9.97 Å². The molecule has 0 unspecified atom stereocenters. The van der Waals surface area contributed by atoms with Gasteiger partial charge >= 0.3 is 0 Å². The van der Waals surface area contributed by atoms with Crippen LogP contribution in [0.25, 0.3) is 4.72 Å². The molecule has 0 saturated heterocycles. The van der Waals surface area contributed by atoms with Gasteiger partial charge in [0.1, 0.15) is 10.0 Å². The molecule has 2 heterocycles. The summed E-state index contributed by atoms with van der Waals surface area (Å²) in [5.74, 6) is 0. The van der Waals surface area contributed by atoms with Crippen molar-refractivity contribution in [3.8, 4) is 0 Å². The monoisotopic (exact) mass is 423 g/mol. The van der Waals surface area contributed by atoms with Gasteiger partial charge in [0.2, 0.25) is 0 Å². The molecule has 0 bridgehead atoms. The Bertz CT molecular complexity index is 951. The molecule has 0 radical (unpaired) electrons. The first-order chi connectivity index (χ1) is 14.5. The van der Waals surface area contributed by atoms with Gasteiger partial charge in [-0.05, 0) is 49.9 Å². The normalized spacial score (nSPS) is 11.7. The highest BCUT2D eigenvalue weighted by Crippen LogP contribution is 2.17. The number of pyridine rings is 2. The van der Waals surface area contributed by atoms with Crippen LogP contribution in [0.5, 0.6) is 0 Å². The quantitative estimate of drug-likeness (QED) is 0.471. The fraction of sp³-hybridized carbons (Fsp3) is 0.304. The summed E-state index contributed by atoms with van der Waals surface area (Å²) in [6.45, 7) is 4.27. The summed E-state index contributed by atoms with van der Waals surface area (Å²) in [5, 5.41) is 0. The molecule has 0 fully saturated rings. The van der Waals surface area contributed by atoms with E-state index in [9.17, 15) is 8.42 Å². The molecule has 0 N–H and O–H groups in total. The third-order valence-electron chi connectivity index (χ3n) is 4.82. The van der Waals surface area contributed by atoms with Crippen LogP contribution >= 0.6 is 0 Å². The first-order valence-corrected chi connectivity index (χ1v) is 11.5. The van der Waals surface area contributed by atoms with Crippen molar-refractivity contribution >= 4 is 10.0 Å². The van der Waals surface area contributed by atoms with E-state index in [-0.39, 0.29) is 11.4 Å². The molecule has 158 valence electrons. The maximum absolute atomic E-state index is 12.5. The highest BCUT2D eigenvalue weighted by atomic mass is 32.2. The molecule has 2 aromatic heterocycles. The molecule has 0 atom stereocenters. The fourth-order valence-electron chi connectivity index (χ4n) is 3.06. The van der Waals surface area contributed by atoms with Gasteiger partial charge in [-0.1, -0.05) is 29.8 Å². The Morgan fingerprint density at radius 3 is 1.87 bits per heavy atom. The lowest BCUT2D eigenvalue weighted by Crippen LogP contribution is -2.31. The molecule has 1 aromatic carbocycles. The van der Waals surface area contributed by atoms with Gasteiger partial charge in [-0.2, -0.15) is 0 Å². The lowest BCUT2D eigenvalue weighted by Gasteiger charge is -2.27. The van der Waals surface area contributed by atoms with E-state index in [1.165, 1.54) is 0 Å². The molecule has 0 spiro atoms. The Morgan fingerprint density at radius 1 is 0.800 bits per heavy atom. The van der Waals surface area contributed by atoms with Crippen molar-refractivity contribution in [1.29, 1.82) is 0 Å². The number of aryl methyl sites for hydroxylation is 1. The van der Waals surface area contributed by atoms with E-state index in [1.54, 1.807) is 36.7 Å². The van der Waals surface area contributed by atoms with Crippen LogP contribution in [0.1, 0.15) is 17.0 Å². The summed E-state index contributed by atoms with van der Waals surface area (Å²) in [7, 11) is -3.63. The highest BCUT2D eigenvalue weighted by molar-refractivity contribution is 7.94. The lowest BCUT2D eigenvalue weighted by molar-refractivity contribution is 0.291. The van der Waals surface area contributed by atoms with Crippen LogP contribution in [0.4, 0.5) is 0 Å². The van der Waals surface area contributed by atoms with E-state index in [0.717, 1.165) is 42.9 Å². The summed E-state index contributed by atoms with van der Waals surface area (Å²) >= 11 is 0. The van der Waals surface area contributed by atoms with Gasteiger partial charge in [0, 0.05) is 54.6 Å². The number of benzene rings is 1. The second-order valence-corrected chi connectivity index (χ2v) is 8.80. The number of hydrogen-bond donors (Lipinski definition) is 0. The fourth-order valence-corrected chi connectivity index (χ4v) is 4.01. The molecular formula is C23H27N4O2S-. The van der Waals surface area contributed by atoms with Crippen molar-refractivity contribution in [2.75, 3.05) is 26.2 Å². The molecular weight excluding hydrogens is 396 g/mol. The van der Waals surface area contributed by atoms with Crippen LogP contribution in [0, 0.1) is 6.92 Å². The average Bonchev–Trinajstić information content (AvgIpc) is 2.77. The number of rotatable bonds is 11. The second kappa shape index (κ2) is 11.0. The van der Waals surface area contributed by atoms with Gasteiger partial charge in [-0.25, -0.2) is 8.42 Å². The first-order valence-electron chi connectivity index (χ1n) is 10.1. The van der Waals surface area contributed by atoms with Gasteiger partial charge in [-0.15, -0.1) is 6.54 Å². The molecule has 3 aromatic rings. The molecule has 0 saturated carbocycles. The summed E-state index contributed by atoms with van der Waals surface area (Å²) in [6.07, 6.45) is 5.18. The SMILES string of the molecule is Cc1ccc(S(=O)(=O)[N-]CCN(CCc2ccccn2)CCc2ccccn2)cc1. The minimum absolute atomic E-state index is 0.223. The van der Waals surface area contributed by atoms with Crippen molar-refractivity contribution in [3.05, 3.63) is 94.7 Å². The van der Waals surface area contributed by atoms with E-state index in [2.05, 4.69) is 19.6 Å². The van der Waals surface area contributed by atoms with Gasteiger partial charge < -0.3 is 9.62 Å². The number of sulfonamides is 1. The average molecular weight is 424 g/mol. The Labute approximate surface area is 179 Å².